The lowest BCUT2D eigenvalue weighted by Gasteiger charge is -2.25. The molecule has 0 aliphatic heterocycles. The zero-order valence-corrected chi connectivity index (χ0v) is 18.4. The number of fused-ring (bicyclic) bond motifs is 1. The molecule has 34 heavy (non-hydrogen) atoms. The van der Waals surface area contributed by atoms with Gasteiger partial charge in [0.25, 0.3) is 0 Å². The molecule has 2 rings (SSSR count). The highest BCUT2D eigenvalue weighted by Crippen LogP contribution is 2.19. The van der Waals surface area contributed by atoms with Gasteiger partial charge in [-0.1, -0.05) is 18.2 Å². The number of H-pyrrole nitrogens is 1. The third kappa shape index (κ3) is 7.02. The molecule has 0 saturated heterocycles. The molecule has 0 spiro atoms. The first kappa shape index (κ1) is 26.3. The summed E-state index contributed by atoms with van der Waals surface area (Å²) in [6.07, 6.45) is -0.451. The monoisotopic (exact) mass is 476 g/mol. The number of primary amides is 1. The smallest absolute Gasteiger partial charge is 0.326 e. The average molecular weight is 476 g/mol. The first-order valence-corrected chi connectivity index (χ1v) is 10.4. The number of carbonyl (C=O) groups excluding carboxylic acids is 4. The van der Waals surface area contributed by atoms with Crippen LogP contribution in [0.3, 0.4) is 0 Å². The Balaban J connectivity index is 2.15. The van der Waals surface area contributed by atoms with Crippen molar-refractivity contribution in [1.29, 1.82) is 0 Å². The maximum atomic E-state index is 12.8. The van der Waals surface area contributed by atoms with Crippen molar-refractivity contribution in [2.24, 2.45) is 11.5 Å². The van der Waals surface area contributed by atoms with E-state index in [4.69, 9.17) is 11.5 Å². The van der Waals surface area contributed by atoms with Crippen LogP contribution in [-0.2, 0) is 30.4 Å². The van der Waals surface area contributed by atoms with Gasteiger partial charge in [-0.15, -0.1) is 0 Å². The van der Waals surface area contributed by atoms with Crippen LogP contribution in [-0.4, -0.2) is 75.6 Å². The van der Waals surface area contributed by atoms with E-state index >= 15 is 0 Å². The number of rotatable bonds is 12. The molecule has 0 bridgehead atoms. The maximum Gasteiger partial charge on any atom is 0.326 e. The molecule has 13 nitrogen and oxygen atoms in total. The van der Waals surface area contributed by atoms with E-state index < -0.39 is 66.8 Å². The molecule has 0 saturated carbocycles. The first-order chi connectivity index (χ1) is 16.0. The average Bonchev–Trinajstić information content (AvgIpc) is 3.18. The summed E-state index contributed by atoms with van der Waals surface area (Å²) in [5.41, 5.74) is 11.7. The summed E-state index contributed by atoms with van der Waals surface area (Å²) in [6.45, 7) is 0.749. The third-order valence-electron chi connectivity index (χ3n) is 5.02. The predicted octanol–water partition coefficient (Wildman–Crippen LogP) is -2.54. The molecular formula is C21H28N6O7. The Morgan fingerprint density at radius 2 is 1.71 bits per heavy atom. The number of benzene rings is 1. The molecule has 0 fully saturated rings. The molecular weight excluding hydrogens is 448 g/mol. The third-order valence-corrected chi connectivity index (χ3v) is 5.02. The molecule has 0 aliphatic rings. The fourth-order valence-electron chi connectivity index (χ4n) is 3.30. The Morgan fingerprint density at radius 1 is 1.03 bits per heavy atom. The topological polar surface area (TPSA) is 230 Å². The SMILES string of the molecule is CC(O)C(NC(=O)C(CC(N)=O)NC(=O)CN)C(=O)NC(Cc1c[nH]c2ccccc12)C(=O)O. The lowest BCUT2D eigenvalue weighted by Crippen LogP contribution is -2.59. The molecule has 1 heterocycles. The quantitative estimate of drug-likeness (QED) is 0.162. The second-order valence-electron chi connectivity index (χ2n) is 7.68. The summed E-state index contributed by atoms with van der Waals surface area (Å²) in [7, 11) is 0. The molecule has 184 valence electrons. The molecule has 2 aromatic rings. The van der Waals surface area contributed by atoms with Gasteiger partial charge in [-0.2, -0.15) is 0 Å². The van der Waals surface area contributed by atoms with E-state index in [0.717, 1.165) is 10.9 Å². The molecule has 1 aromatic carbocycles. The Kier molecular flexibility index (Phi) is 9.10. The fourth-order valence-corrected chi connectivity index (χ4v) is 3.30. The summed E-state index contributed by atoms with van der Waals surface area (Å²) in [6, 6.07) is 2.83. The van der Waals surface area contributed by atoms with Crippen molar-refractivity contribution in [2.45, 2.75) is 44.0 Å². The summed E-state index contributed by atoms with van der Waals surface area (Å²) in [4.78, 5) is 63.0. The van der Waals surface area contributed by atoms with Gasteiger partial charge in [0.05, 0.1) is 19.1 Å². The van der Waals surface area contributed by atoms with Crippen LogP contribution in [0.15, 0.2) is 30.5 Å². The minimum absolute atomic E-state index is 0.0670. The van der Waals surface area contributed by atoms with Gasteiger partial charge < -0.3 is 42.6 Å². The van der Waals surface area contributed by atoms with Crippen LogP contribution < -0.4 is 27.4 Å². The van der Waals surface area contributed by atoms with Crippen LogP contribution >= 0.6 is 0 Å². The standard InChI is InChI=1S/C21H28N6O7/c1-10(28)18(27-19(31)14(7-16(23)29)25-17(30)8-22)20(32)26-15(21(33)34)6-11-9-24-13-5-3-2-4-12(11)13/h2-5,9-10,14-15,18,24,28H,6-8,22H2,1H3,(H2,23,29)(H,25,30)(H,26,32)(H,27,31)(H,33,34). The maximum absolute atomic E-state index is 12.8. The number of nitrogens with one attached hydrogen (secondary N) is 4. The lowest BCUT2D eigenvalue weighted by molar-refractivity contribution is -0.143. The second kappa shape index (κ2) is 11.8. The zero-order chi connectivity index (χ0) is 25.4. The predicted molar refractivity (Wildman–Crippen MR) is 120 cm³/mol. The number of carbonyl (C=O) groups is 5. The van der Waals surface area contributed by atoms with E-state index in [0.29, 0.717) is 5.56 Å². The molecule has 10 N–H and O–H groups in total. The number of aliphatic hydroxyl groups is 1. The minimum Gasteiger partial charge on any atom is -0.480 e. The van der Waals surface area contributed by atoms with Crippen molar-refractivity contribution in [1.82, 2.24) is 20.9 Å². The first-order valence-electron chi connectivity index (χ1n) is 10.4. The molecule has 4 amide bonds. The van der Waals surface area contributed by atoms with E-state index in [-0.39, 0.29) is 6.42 Å². The van der Waals surface area contributed by atoms with Gasteiger partial charge in [0.1, 0.15) is 18.1 Å². The van der Waals surface area contributed by atoms with Gasteiger partial charge in [0.15, 0.2) is 0 Å². The number of nitrogens with two attached hydrogens (primary N) is 2. The van der Waals surface area contributed by atoms with Gasteiger partial charge in [-0.05, 0) is 18.6 Å². The summed E-state index contributed by atoms with van der Waals surface area (Å²) in [5, 5.41) is 27.2. The normalized spacial score (nSPS) is 14.4. The fraction of sp³-hybridized carbons (Fsp3) is 0.381. The largest absolute Gasteiger partial charge is 0.480 e. The molecule has 1 aromatic heterocycles. The van der Waals surface area contributed by atoms with Gasteiger partial charge in [-0.25, -0.2) is 4.79 Å². The number of hydrogen-bond donors (Lipinski definition) is 8. The molecule has 0 aliphatic carbocycles. The second-order valence-corrected chi connectivity index (χ2v) is 7.68. The molecule has 4 atom stereocenters. The van der Waals surface area contributed by atoms with Crippen LogP contribution in [0.5, 0.6) is 0 Å². The lowest BCUT2D eigenvalue weighted by atomic mass is 10.0. The van der Waals surface area contributed by atoms with Gasteiger partial charge >= 0.3 is 5.97 Å². The van der Waals surface area contributed by atoms with Crippen LogP contribution in [0.4, 0.5) is 0 Å². The van der Waals surface area contributed by atoms with E-state index in [1.807, 2.05) is 12.1 Å². The van der Waals surface area contributed by atoms with Crippen LogP contribution in [0.2, 0.25) is 0 Å². The number of aromatic amines is 1. The van der Waals surface area contributed by atoms with Crippen LogP contribution in [0.25, 0.3) is 10.9 Å². The highest BCUT2D eigenvalue weighted by Gasteiger charge is 2.33. The van der Waals surface area contributed by atoms with Crippen LogP contribution in [0, 0.1) is 0 Å². The number of carboxylic acid groups (broad SMARTS) is 1. The van der Waals surface area contributed by atoms with Crippen LogP contribution in [0.1, 0.15) is 18.9 Å². The van der Waals surface area contributed by atoms with E-state index in [9.17, 15) is 34.2 Å². The highest BCUT2D eigenvalue weighted by molar-refractivity contribution is 5.96. The van der Waals surface area contributed by atoms with Gasteiger partial charge in [-0.3, -0.25) is 19.2 Å². The number of amides is 4. The molecule has 13 heteroatoms. The summed E-state index contributed by atoms with van der Waals surface area (Å²) in [5.74, 6) is -4.93. The van der Waals surface area contributed by atoms with E-state index in [2.05, 4.69) is 20.9 Å². The Hall–Kier alpha value is -3.97. The van der Waals surface area contributed by atoms with Crippen molar-refractivity contribution in [3.05, 3.63) is 36.0 Å². The van der Waals surface area contributed by atoms with Gasteiger partial charge in [0, 0.05) is 23.5 Å². The van der Waals surface area contributed by atoms with Gasteiger partial charge in [0.2, 0.25) is 23.6 Å². The summed E-state index contributed by atoms with van der Waals surface area (Å²) < 4.78 is 0. The number of aliphatic carboxylic acids is 1. The van der Waals surface area contributed by atoms with Crippen molar-refractivity contribution < 1.29 is 34.2 Å². The van der Waals surface area contributed by atoms with Crippen molar-refractivity contribution in [3.63, 3.8) is 0 Å². The number of carboxylic acids is 1. The Labute approximate surface area is 194 Å². The number of aliphatic hydroxyl groups excluding tert-OH is 1. The number of para-hydroxylation sites is 1. The van der Waals surface area contributed by atoms with Crippen molar-refractivity contribution >= 4 is 40.5 Å². The Bertz CT molecular complexity index is 1070. The molecule has 0 radical (unpaired) electrons. The van der Waals surface area contributed by atoms with E-state index in [1.54, 1.807) is 18.3 Å². The van der Waals surface area contributed by atoms with E-state index in [1.165, 1.54) is 6.92 Å². The highest BCUT2D eigenvalue weighted by atomic mass is 16.4. The zero-order valence-electron chi connectivity index (χ0n) is 18.4. The molecule has 4 unspecified atom stereocenters. The summed E-state index contributed by atoms with van der Waals surface area (Å²) >= 11 is 0. The van der Waals surface area contributed by atoms with Crippen molar-refractivity contribution in [2.75, 3.05) is 6.54 Å². The van der Waals surface area contributed by atoms with Crippen molar-refractivity contribution in [3.8, 4) is 0 Å². The number of hydrogen-bond acceptors (Lipinski definition) is 7. The Morgan fingerprint density at radius 3 is 2.29 bits per heavy atom. The number of aromatic nitrogens is 1. The minimum atomic E-state index is -1.58.